The minimum absolute atomic E-state index is 0.0687. The van der Waals surface area contributed by atoms with E-state index in [4.69, 9.17) is 0 Å². The molecule has 0 aromatic heterocycles. The quantitative estimate of drug-likeness (QED) is 0.161. The Hall–Kier alpha value is -4.37. The summed E-state index contributed by atoms with van der Waals surface area (Å²) >= 11 is 3.43. The first-order valence-corrected chi connectivity index (χ1v) is 21.1. The molecule has 304 valence electrons. The van der Waals surface area contributed by atoms with E-state index in [9.17, 15) is 33.6 Å². The van der Waals surface area contributed by atoms with Gasteiger partial charge in [0.05, 0.1) is 16.7 Å². The predicted octanol–water partition coefficient (Wildman–Crippen LogP) is 3.46. The Balaban J connectivity index is 1.50. The summed E-state index contributed by atoms with van der Waals surface area (Å²) in [6.45, 7) is 8.83. The first-order chi connectivity index (χ1) is 26.5. The highest BCUT2D eigenvalue weighted by Gasteiger charge is 2.53. The normalized spacial score (nSPS) is 21.5. The van der Waals surface area contributed by atoms with Gasteiger partial charge in [-0.1, -0.05) is 82.7 Å². The molecule has 2 heterocycles. The molecule has 2 fully saturated rings. The summed E-state index contributed by atoms with van der Waals surface area (Å²) < 4.78 is -0.444. The van der Waals surface area contributed by atoms with Crippen LogP contribution in [0.4, 0.5) is 0 Å². The molecule has 56 heavy (non-hydrogen) atoms. The van der Waals surface area contributed by atoms with Crippen LogP contribution < -0.4 is 21.3 Å². The number of ketones is 1. The van der Waals surface area contributed by atoms with E-state index < -0.39 is 69.5 Å². The number of carbonyl (C=O) groups is 7. The average Bonchev–Trinajstić information content (AvgIpc) is 3.55. The number of hydrogen-bond donors (Lipinski definition) is 4. The average molecular weight is 809 g/mol. The maximum Gasteiger partial charge on any atom is 0.290 e. The van der Waals surface area contributed by atoms with Crippen LogP contribution in [0, 0.1) is 5.41 Å². The molecule has 0 aromatic carbocycles. The van der Waals surface area contributed by atoms with Crippen molar-refractivity contribution in [2.75, 3.05) is 38.7 Å². The van der Waals surface area contributed by atoms with Gasteiger partial charge in [0.1, 0.15) is 17.8 Å². The first kappa shape index (κ1) is 44.3. The van der Waals surface area contributed by atoms with Gasteiger partial charge in [-0.3, -0.25) is 33.6 Å². The third kappa shape index (κ3) is 11.4. The molecular weight excluding hydrogens is 753 g/mol. The number of carbonyl (C=O) groups excluding carboxylic acids is 7. The lowest BCUT2D eigenvalue weighted by atomic mass is 9.85. The molecule has 3 atom stereocenters. The molecule has 15 heteroatoms. The summed E-state index contributed by atoms with van der Waals surface area (Å²) in [6.07, 6.45) is 17.7. The number of hydrogen-bond acceptors (Lipinski definition) is 9. The van der Waals surface area contributed by atoms with E-state index in [0.29, 0.717) is 36.8 Å². The lowest BCUT2D eigenvalue weighted by Crippen LogP contribution is -2.59. The molecule has 1 unspecified atom stereocenters. The summed E-state index contributed by atoms with van der Waals surface area (Å²) in [7, 11) is 3.12. The lowest BCUT2D eigenvalue weighted by Gasteiger charge is -2.36. The van der Waals surface area contributed by atoms with E-state index in [1.54, 1.807) is 61.6 Å². The van der Waals surface area contributed by atoms with Crippen LogP contribution >= 0.6 is 23.5 Å². The molecule has 4 N–H and O–H groups in total. The number of allylic oxidation sites excluding steroid dienone is 10. The van der Waals surface area contributed by atoms with Gasteiger partial charge in [0.25, 0.3) is 11.8 Å². The fourth-order valence-electron chi connectivity index (χ4n) is 6.73. The van der Waals surface area contributed by atoms with E-state index in [-0.39, 0.29) is 24.6 Å². The Morgan fingerprint density at radius 3 is 2.09 bits per heavy atom. The highest BCUT2D eigenvalue weighted by atomic mass is 32.2. The van der Waals surface area contributed by atoms with Crippen LogP contribution in [0.15, 0.2) is 71.0 Å². The molecule has 4 aliphatic rings. The van der Waals surface area contributed by atoms with Gasteiger partial charge in [0.2, 0.25) is 29.4 Å². The van der Waals surface area contributed by atoms with Crippen molar-refractivity contribution < 1.29 is 33.6 Å². The monoisotopic (exact) mass is 808 g/mol. The van der Waals surface area contributed by atoms with Crippen LogP contribution in [0.3, 0.4) is 0 Å². The topological polar surface area (TPSA) is 174 Å². The third-order valence-corrected chi connectivity index (χ3v) is 13.3. The minimum atomic E-state index is -1.21. The van der Waals surface area contributed by atoms with Gasteiger partial charge >= 0.3 is 0 Å². The molecular formula is C41H56N6O7S2. The number of nitrogens with one attached hydrogen (secondary N) is 4. The number of likely N-dealkylation sites (tertiary alicyclic amines) is 1. The second-order valence-electron chi connectivity index (χ2n) is 15.6. The molecule has 2 aliphatic heterocycles. The summed E-state index contributed by atoms with van der Waals surface area (Å²) in [6, 6.07) is -3.14. The van der Waals surface area contributed by atoms with E-state index in [1.807, 2.05) is 64.2 Å². The van der Waals surface area contributed by atoms with E-state index >= 15 is 0 Å². The Bertz CT molecular complexity index is 1760. The molecule has 2 saturated heterocycles. The standard InChI is InChI=1S/C41H56N6O7S2/c1-8-16-29(33(49)37(52)42-24-31(48)44-32(38(53)46(6)7)28-19-13-10-14-20-28)43-36(51)30-23-41(55-21-15-22-56-41)25-47(30)39(54)34(40(3,4)5)45-35(50)26(2)27-17-11-9-12-18-27/h9-14,17,19,29-30,34H,8,15-16,18,20-25H2,1-7H3,(H,42,52)(H,43,51)(H,44,48)(H,45,50)/t29?,30-,34+/m0/s1. The second-order valence-corrected chi connectivity index (χ2v) is 18.8. The molecule has 1 spiro atoms. The van der Waals surface area contributed by atoms with Gasteiger partial charge in [-0.15, -0.1) is 23.5 Å². The lowest BCUT2D eigenvalue weighted by molar-refractivity contribution is -0.145. The van der Waals surface area contributed by atoms with Gasteiger partial charge in [-0.2, -0.15) is 0 Å². The Kier molecular flexibility index (Phi) is 15.6. The van der Waals surface area contributed by atoms with Crippen molar-refractivity contribution in [3.63, 3.8) is 0 Å². The van der Waals surface area contributed by atoms with Crippen LogP contribution in [0.5, 0.6) is 0 Å². The van der Waals surface area contributed by atoms with Crippen molar-refractivity contribution in [1.82, 2.24) is 31.1 Å². The van der Waals surface area contributed by atoms with Crippen LogP contribution in [0.25, 0.3) is 0 Å². The zero-order chi connectivity index (χ0) is 41.2. The Labute approximate surface area is 338 Å². The fourth-order valence-corrected chi connectivity index (χ4v) is 10.1. The van der Waals surface area contributed by atoms with Crippen LogP contribution in [0.1, 0.15) is 73.1 Å². The molecule has 6 amide bonds. The number of nitrogens with zero attached hydrogens (tertiary/aromatic N) is 2. The molecule has 0 saturated carbocycles. The van der Waals surface area contributed by atoms with E-state index in [2.05, 4.69) is 21.3 Å². The molecule has 0 bridgehead atoms. The molecule has 13 nitrogen and oxygen atoms in total. The highest BCUT2D eigenvalue weighted by Crippen LogP contribution is 2.50. The summed E-state index contributed by atoms with van der Waals surface area (Å²) in [5, 5.41) is 10.7. The largest absolute Gasteiger partial charge is 0.344 e. The van der Waals surface area contributed by atoms with Crippen molar-refractivity contribution in [2.45, 2.75) is 95.3 Å². The SMILES string of the molecule is CCCC(NC(=O)[C@@H]1CC2(CN1C(=O)[C@@H](NC(=O)C(C)=C1C=CC=CC1)C(C)(C)C)SCCCS2)C(=O)C(=O)NCC(=O)NC(C(=O)N(C)C)=C1C=CC=CC1. The summed E-state index contributed by atoms with van der Waals surface area (Å²) in [4.78, 5) is 97.7. The number of Topliss-reactive ketones (excluding diaryl/α,β-unsaturated/α-hetero) is 1. The number of rotatable bonds is 13. The maximum atomic E-state index is 14.6. The zero-order valence-electron chi connectivity index (χ0n) is 33.5. The van der Waals surface area contributed by atoms with Gasteiger partial charge in [-0.25, -0.2) is 0 Å². The van der Waals surface area contributed by atoms with Crippen molar-refractivity contribution in [1.29, 1.82) is 0 Å². The van der Waals surface area contributed by atoms with Gasteiger partial charge in [0.15, 0.2) is 0 Å². The van der Waals surface area contributed by atoms with Gasteiger partial charge < -0.3 is 31.1 Å². The van der Waals surface area contributed by atoms with Gasteiger partial charge in [-0.05, 0) is 60.7 Å². The van der Waals surface area contributed by atoms with Crippen molar-refractivity contribution >= 4 is 64.8 Å². The van der Waals surface area contributed by atoms with Crippen LogP contribution in [-0.4, -0.2) is 112 Å². The number of thioether (sulfide) groups is 2. The molecule has 4 rings (SSSR count). The van der Waals surface area contributed by atoms with Crippen molar-refractivity contribution in [2.24, 2.45) is 5.41 Å². The van der Waals surface area contributed by atoms with Gasteiger partial charge in [0, 0.05) is 32.6 Å². The van der Waals surface area contributed by atoms with Crippen LogP contribution in [-0.2, 0) is 33.6 Å². The Morgan fingerprint density at radius 2 is 1.54 bits per heavy atom. The fraction of sp³-hybridized carbons (Fsp3) is 0.537. The van der Waals surface area contributed by atoms with E-state index in [0.717, 1.165) is 23.5 Å². The molecule has 2 aliphatic carbocycles. The summed E-state index contributed by atoms with van der Waals surface area (Å²) in [5.41, 5.74) is 1.31. The predicted molar refractivity (Wildman–Crippen MR) is 221 cm³/mol. The molecule has 0 aromatic rings. The highest BCUT2D eigenvalue weighted by molar-refractivity contribution is 8.18. The number of amides is 6. The van der Waals surface area contributed by atoms with Crippen molar-refractivity contribution in [3.05, 3.63) is 71.0 Å². The van der Waals surface area contributed by atoms with Crippen LogP contribution in [0.2, 0.25) is 0 Å². The minimum Gasteiger partial charge on any atom is -0.344 e. The maximum absolute atomic E-state index is 14.6. The first-order valence-electron chi connectivity index (χ1n) is 19.1. The third-order valence-electron chi connectivity index (χ3n) is 9.92. The smallest absolute Gasteiger partial charge is 0.290 e. The van der Waals surface area contributed by atoms with Crippen molar-refractivity contribution in [3.8, 4) is 0 Å². The second kappa shape index (κ2) is 19.7. The Morgan fingerprint density at radius 1 is 0.911 bits per heavy atom. The summed E-state index contributed by atoms with van der Waals surface area (Å²) in [5.74, 6) is -2.70. The number of likely N-dealkylation sites (N-methyl/N-ethyl adjacent to an activating group) is 1. The molecule has 0 radical (unpaired) electrons. The zero-order valence-corrected chi connectivity index (χ0v) is 35.1. The van der Waals surface area contributed by atoms with E-state index in [1.165, 1.54) is 4.90 Å².